The molecular weight excluding hydrogens is 556 g/mol. The predicted molar refractivity (Wildman–Crippen MR) is 153 cm³/mol. The Kier molecular flexibility index (Phi) is 8.73. The van der Waals surface area contributed by atoms with Gasteiger partial charge in [0.15, 0.2) is 18.4 Å². The quantitative estimate of drug-likeness (QED) is 0.232. The number of nitrogens with one attached hydrogen (secondary N) is 1. The van der Waals surface area contributed by atoms with Crippen molar-refractivity contribution in [1.29, 1.82) is 0 Å². The maximum atomic E-state index is 13.2. The molecule has 2 heterocycles. The third-order valence-corrected chi connectivity index (χ3v) is 6.67. The average molecular weight is 583 g/mol. The van der Waals surface area contributed by atoms with E-state index in [0.29, 0.717) is 0 Å². The Morgan fingerprint density at radius 3 is 1.77 bits per heavy atom. The number of rotatable bonds is 9. The van der Waals surface area contributed by atoms with Gasteiger partial charge in [0.1, 0.15) is 12.7 Å². The number of aromatic amines is 1. The number of carbonyl (C=O) groups excluding carboxylic acids is 3. The molecular formula is C32H26N2O9. The molecule has 11 heteroatoms. The summed E-state index contributed by atoms with van der Waals surface area (Å²) < 4.78 is 24.3. The minimum atomic E-state index is -1.41. The van der Waals surface area contributed by atoms with Crippen molar-refractivity contribution in [3.05, 3.63) is 147 Å². The zero-order valence-electron chi connectivity index (χ0n) is 22.7. The summed E-state index contributed by atoms with van der Waals surface area (Å²) in [6, 6.07) is 24.3. The number of benzene rings is 3. The Morgan fingerprint density at radius 2 is 1.26 bits per heavy atom. The number of H-pyrrole nitrogens is 1. The second-order valence-corrected chi connectivity index (χ2v) is 9.46. The van der Waals surface area contributed by atoms with Crippen molar-refractivity contribution in [2.75, 3.05) is 6.61 Å². The molecule has 43 heavy (non-hydrogen) atoms. The van der Waals surface area contributed by atoms with Gasteiger partial charge in [-0.25, -0.2) is 19.2 Å². The largest absolute Gasteiger partial charge is 0.459 e. The molecule has 1 aliphatic heterocycles. The molecule has 1 aromatic heterocycles. The molecule has 218 valence electrons. The fourth-order valence-corrected chi connectivity index (χ4v) is 4.52. The van der Waals surface area contributed by atoms with E-state index in [4.69, 9.17) is 18.9 Å². The molecule has 11 nitrogen and oxygen atoms in total. The minimum Gasteiger partial charge on any atom is -0.459 e. The number of carbonyl (C=O) groups is 3. The molecule has 3 aromatic carbocycles. The van der Waals surface area contributed by atoms with Crippen LogP contribution in [0.1, 0.15) is 42.9 Å². The Hall–Kier alpha value is -5.55. The van der Waals surface area contributed by atoms with E-state index >= 15 is 0 Å². The van der Waals surface area contributed by atoms with E-state index in [1.54, 1.807) is 66.7 Å². The third-order valence-electron chi connectivity index (χ3n) is 6.67. The fourth-order valence-electron chi connectivity index (χ4n) is 4.52. The smallest absolute Gasteiger partial charge is 0.338 e. The number of hydrogen-bond donors (Lipinski definition) is 1. The summed E-state index contributed by atoms with van der Waals surface area (Å²) in [5.41, 5.74) is -0.866. The lowest BCUT2D eigenvalue weighted by Crippen LogP contribution is -2.43. The van der Waals surface area contributed by atoms with Crippen molar-refractivity contribution in [1.82, 2.24) is 9.55 Å². The highest BCUT2D eigenvalue weighted by Crippen LogP contribution is 2.35. The van der Waals surface area contributed by atoms with Crippen molar-refractivity contribution in [2.45, 2.75) is 24.5 Å². The summed E-state index contributed by atoms with van der Waals surface area (Å²) in [6.45, 7) is 3.16. The lowest BCUT2D eigenvalue weighted by molar-refractivity contribution is -0.0640. The molecule has 0 aliphatic carbocycles. The SMILES string of the molecule is C=Cc1cn([C@H]2O[C@@H](COC(=O)c3ccccc3)[C@H](OC(=O)c3ccccc3)[C@H]2OC(=O)c2ccccc2)c(=O)[nH]c1=O. The number of aromatic nitrogens is 2. The van der Waals surface area contributed by atoms with Crippen LogP contribution in [-0.4, -0.2) is 52.4 Å². The van der Waals surface area contributed by atoms with Crippen molar-refractivity contribution < 1.29 is 33.3 Å². The van der Waals surface area contributed by atoms with Crippen LogP contribution in [0.4, 0.5) is 0 Å². The maximum Gasteiger partial charge on any atom is 0.338 e. The summed E-state index contributed by atoms with van der Waals surface area (Å²) in [7, 11) is 0. The number of esters is 3. The standard InChI is InChI=1S/C32H26N2O9/c1-2-20-18-34(32(39)33-27(20)35)28-26(43-31(38)23-16-10-5-11-17-23)25(42-30(37)22-14-8-4-9-15-22)24(41-28)19-40-29(36)21-12-6-3-7-13-21/h2-18,24-26,28H,1,19H2,(H,33,35,39)/t24-,25-,26+,28-/m0/s1. The van der Waals surface area contributed by atoms with Crippen LogP contribution < -0.4 is 11.2 Å². The van der Waals surface area contributed by atoms with Gasteiger partial charge in [0, 0.05) is 6.20 Å². The lowest BCUT2D eigenvalue weighted by Gasteiger charge is -2.25. The van der Waals surface area contributed by atoms with Crippen LogP contribution >= 0.6 is 0 Å². The molecule has 1 saturated heterocycles. The summed E-state index contributed by atoms with van der Waals surface area (Å²) in [6.07, 6.45) is -2.92. The van der Waals surface area contributed by atoms with Crippen molar-refractivity contribution in [3.63, 3.8) is 0 Å². The highest BCUT2D eigenvalue weighted by Gasteiger charge is 2.51. The summed E-state index contributed by atoms with van der Waals surface area (Å²) in [5.74, 6) is -2.23. The van der Waals surface area contributed by atoms with Gasteiger partial charge in [-0.1, -0.05) is 67.3 Å². The second-order valence-electron chi connectivity index (χ2n) is 9.46. The Morgan fingerprint density at radius 1 is 0.767 bits per heavy atom. The molecule has 0 saturated carbocycles. The molecule has 4 atom stereocenters. The van der Waals surface area contributed by atoms with Gasteiger partial charge in [-0.15, -0.1) is 0 Å². The van der Waals surface area contributed by atoms with Crippen molar-refractivity contribution in [2.24, 2.45) is 0 Å². The zero-order valence-corrected chi connectivity index (χ0v) is 22.7. The number of nitrogens with zero attached hydrogens (tertiary/aromatic N) is 1. The first-order valence-corrected chi connectivity index (χ1v) is 13.2. The van der Waals surface area contributed by atoms with Gasteiger partial charge < -0.3 is 18.9 Å². The summed E-state index contributed by atoms with van der Waals surface area (Å²) in [4.78, 5) is 66.6. The normalized spacial score (nSPS) is 19.3. The van der Waals surface area contributed by atoms with Crippen LogP contribution in [0.3, 0.4) is 0 Å². The highest BCUT2D eigenvalue weighted by molar-refractivity contribution is 5.91. The molecule has 5 rings (SSSR count). The van der Waals surface area contributed by atoms with Crippen LogP contribution in [0.5, 0.6) is 0 Å². The van der Waals surface area contributed by atoms with Crippen LogP contribution in [-0.2, 0) is 18.9 Å². The zero-order chi connectivity index (χ0) is 30.3. The summed E-state index contributed by atoms with van der Waals surface area (Å²) >= 11 is 0. The molecule has 1 fully saturated rings. The Balaban J connectivity index is 1.53. The Bertz CT molecular complexity index is 1730. The van der Waals surface area contributed by atoms with E-state index in [9.17, 15) is 24.0 Å². The summed E-state index contributed by atoms with van der Waals surface area (Å²) in [5, 5.41) is 0. The average Bonchev–Trinajstić information content (AvgIpc) is 3.36. The van der Waals surface area contributed by atoms with Gasteiger partial charge in [0.05, 0.1) is 22.3 Å². The first-order valence-electron chi connectivity index (χ1n) is 13.2. The monoisotopic (exact) mass is 582 g/mol. The van der Waals surface area contributed by atoms with Gasteiger partial charge in [0.2, 0.25) is 0 Å². The molecule has 0 bridgehead atoms. The van der Waals surface area contributed by atoms with E-state index < -0.39 is 60.3 Å². The van der Waals surface area contributed by atoms with E-state index in [2.05, 4.69) is 11.6 Å². The van der Waals surface area contributed by atoms with Crippen LogP contribution in [0.15, 0.2) is 113 Å². The van der Waals surface area contributed by atoms with Gasteiger partial charge in [-0.05, 0) is 36.4 Å². The predicted octanol–water partition coefficient (Wildman–Crippen LogP) is 3.39. The Labute approximate surface area is 244 Å². The van der Waals surface area contributed by atoms with E-state index in [-0.39, 0.29) is 22.3 Å². The van der Waals surface area contributed by atoms with E-state index in [1.165, 1.54) is 36.5 Å². The fraction of sp³-hybridized carbons (Fsp3) is 0.156. The first-order chi connectivity index (χ1) is 20.9. The minimum absolute atomic E-state index is 0.0353. The topological polar surface area (TPSA) is 143 Å². The molecule has 1 aliphatic rings. The number of ether oxygens (including phenoxy) is 4. The molecule has 0 unspecified atom stereocenters. The molecule has 0 amide bonds. The van der Waals surface area contributed by atoms with Gasteiger partial charge in [-0.2, -0.15) is 0 Å². The molecule has 0 radical (unpaired) electrons. The number of hydrogen-bond acceptors (Lipinski definition) is 9. The van der Waals surface area contributed by atoms with Gasteiger partial charge in [-0.3, -0.25) is 14.3 Å². The lowest BCUT2D eigenvalue weighted by atomic mass is 10.1. The first kappa shape index (κ1) is 29.0. The van der Waals surface area contributed by atoms with Gasteiger partial charge in [0.25, 0.3) is 5.56 Å². The van der Waals surface area contributed by atoms with Crippen LogP contribution in [0, 0.1) is 0 Å². The van der Waals surface area contributed by atoms with Crippen LogP contribution in [0.25, 0.3) is 6.08 Å². The van der Waals surface area contributed by atoms with Crippen molar-refractivity contribution in [3.8, 4) is 0 Å². The third kappa shape index (κ3) is 6.52. The van der Waals surface area contributed by atoms with E-state index in [1.807, 2.05) is 0 Å². The second kappa shape index (κ2) is 13.0. The molecule has 0 spiro atoms. The van der Waals surface area contributed by atoms with E-state index in [0.717, 1.165) is 4.57 Å². The molecule has 4 aromatic rings. The van der Waals surface area contributed by atoms with Crippen LogP contribution in [0.2, 0.25) is 0 Å². The van der Waals surface area contributed by atoms with Gasteiger partial charge >= 0.3 is 23.6 Å². The maximum absolute atomic E-state index is 13.2. The van der Waals surface area contributed by atoms with Crippen molar-refractivity contribution >= 4 is 24.0 Å². The molecule has 1 N–H and O–H groups in total. The highest BCUT2D eigenvalue weighted by atomic mass is 16.7.